The highest BCUT2D eigenvalue weighted by Gasteiger charge is 2.30. The molecule has 0 spiro atoms. The first-order chi connectivity index (χ1) is 16.3. The Morgan fingerprint density at radius 3 is 2.26 bits per heavy atom. The van der Waals surface area contributed by atoms with E-state index < -0.39 is 0 Å². The molecule has 5 nitrogen and oxygen atoms in total. The summed E-state index contributed by atoms with van der Waals surface area (Å²) in [7, 11) is 0. The van der Waals surface area contributed by atoms with Crippen molar-refractivity contribution < 1.29 is 19.1 Å². The maximum atomic E-state index is 12.4. The van der Waals surface area contributed by atoms with Gasteiger partial charge in [-0.05, 0) is 62.3 Å². The standard InChI is InChI=1S/C29H45NO4/c1-5-7-8-9-10-11-22-33-25-17-12-23(13-18-25)14-21-27(31)34-26-19-15-24(16-20-26)30-28(32)29(3,4)6-2/h12-14,17-18,21,24,26H,5-11,15-16,19-20,22H2,1-4H3,(H,30,32)/b21-14+. The fourth-order valence-electron chi connectivity index (χ4n) is 3.98. The minimum atomic E-state index is -0.341. The Kier molecular flexibility index (Phi) is 12.2. The number of benzene rings is 1. The van der Waals surface area contributed by atoms with Gasteiger partial charge in [-0.15, -0.1) is 0 Å². The third-order valence-corrected chi connectivity index (χ3v) is 6.85. The molecule has 1 N–H and O–H groups in total. The molecule has 0 aliphatic heterocycles. The number of hydrogen-bond acceptors (Lipinski definition) is 4. The van der Waals surface area contributed by atoms with E-state index in [9.17, 15) is 9.59 Å². The molecule has 0 heterocycles. The third-order valence-electron chi connectivity index (χ3n) is 6.85. The summed E-state index contributed by atoms with van der Waals surface area (Å²) in [5.74, 6) is 0.652. The summed E-state index contributed by atoms with van der Waals surface area (Å²) in [6.45, 7) is 8.95. The molecule has 0 unspecified atom stereocenters. The van der Waals surface area contributed by atoms with Crippen LogP contribution in [0.2, 0.25) is 0 Å². The van der Waals surface area contributed by atoms with Crippen LogP contribution in [0.5, 0.6) is 5.75 Å². The van der Waals surface area contributed by atoms with Crippen LogP contribution in [0.3, 0.4) is 0 Å². The van der Waals surface area contributed by atoms with Crippen LogP contribution in [0, 0.1) is 5.41 Å². The average molecular weight is 472 g/mol. The zero-order chi connectivity index (χ0) is 24.8. The first kappa shape index (κ1) is 27.9. The van der Waals surface area contributed by atoms with Crippen molar-refractivity contribution in [1.29, 1.82) is 0 Å². The van der Waals surface area contributed by atoms with E-state index in [1.807, 2.05) is 45.0 Å². The van der Waals surface area contributed by atoms with Gasteiger partial charge in [0.1, 0.15) is 11.9 Å². The van der Waals surface area contributed by atoms with Crippen molar-refractivity contribution in [3.05, 3.63) is 35.9 Å². The summed E-state index contributed by atoms with van der Waals surface area (Å²) < 4.78 is 11.4. The Bertz CT molecular complexity index is 761. The van der Waals surface area contributed by atoms with E-state index >= 15 is 0 Å². The van der Waals surface area contributed by atoms with Crippen molar-refractivity contribution in [3.63, 3.8) is 0 Å². The van der Waals surface area contributed by atoms with Crippen LogP contribution in [-0.4, -0.2) is 30.6 Å². The zero-order valence-corrected chi connectivity index (χ0v) is 21.7. The van der Waals surface area contributed by atoms with E-state index in [0.717, 1.165) is 56.4 Å². The van der Waals surface area contributed by atoms with Gasteiger partial charge >= 0.3 is 5.97 Å². The Labute approximate surface area is 206 Å². The maximum Gasteiger partial charge on any atom is 0.331 e. The highest BCUT2D eigenvalue weighted by atomic mass is 16.5. The molecule has 0 aromatic heterocycles. The molecular formula is C29H45NO4. The van der Waals surface area contributed by atoms with Crippen molar-refractivity contribution >= 4 is 18.0 Å². The monoisotopic (exact) mass is 471 g/mol. The van der Waals surface area contributed by atoms with Crippen molar-refractivity contribution in [1.82, 2.24) is 5.32 Å². The maximum absolute atomic E-state index is 12.4. The van der Waals surface area contributed by atoms with Crippen molar-refractivity contribution in [3.8, 4) is 5.75 Å². The summed E-state index contributed by atoms with van der Waals surface area (Å²) in [6, 6.07) is 7.96. The van der Waals surface area contributed by atoms with Crippen molar-refractivity contribution in [2.45, 2.75) is 110 Å². The Morgan fingerprint density at radius 2 is 1.62 bits per heavy atom. The molecule has 1 aliphatic rings. The van der Waals surface area contributed by atoms with Crippen LogP contribution in [-0.2, 0) is 14.3 Å². The van der Waals surface area contributed by atoms with E-state index in [-0.39, 0.29) is 29.4 Å². The van der Waals surface area contributed by atoms with Gasteiger partial charge in [-0.3, -0.25) is 4.79 Å². The molecule has 1 saturated carbocycles. The van der Waals surface area contributed by atoms with Crippen LogP contribution in [0.15, 0.2) is 30.3 Å². The predicted octanol–water partition coefficient (Wildman–Crippen LogP) is 6.85. The van der Waals surface area contributed by atoms with E-state index in [1.165, 1.54) is 38.2 Å². The van der Waals surface area contributed by atoms with Gasteiger partial charge in [0.15, 0.2) is 0 Å². The molecule has 0 saturated heterocycles. The molecule has 1 aromatic rings. The second kappa shape index (κ2) is 14.9. The Morgan fingerprint density at radius 1 is 0.971 bits per heavy atom. The molecule has 190 valence electrons. The lowest BCUT2D eigenvalue weighted by Gasteiger charge is -2.31. The van der Waals surface area contributed by atoms with Crippen molar-refractivity contribution in [2.24, 2.45) is 5.41 Å². The number of carbonyl (C=O) groups excluding carboxylic acids is 2. The molecule has 2 rings (SSSR count). The summed E-state index contributed by atoms with van der Waals surface area (Å²) in [6.07, 6.45) is 14.7. The molecular weight excluding hydrogens is 426 g/mol. The molecule has 1 aliphatic carbocycles. The molecule has 1 aromatic carbocycles. The second-order valence-electron chi connectivity index (χ2n) is 10.1. The van der Waals surface area contributed by atoms with Gasteiger partial charge < -0.3 is 14.8 Å². The van der Waals surface area contributed by atoms with E-state index in [2.05, 4.69) is 12.2 Å². The molecule has 34 heavy (non-hydrogen) atoms. The molecule has 0 bridgehead atoms. The van der Waals surface area contributed by atoms with Gasteiger partial charge in [-0.2, -0.15) is 0 Å². The minimum Gasteiger partial charge on any atom is -0.494 e. The summed E-state index contributed by atoms with van der Waals surface area (Å²) in [5, 5.41) is 3.16. The number of carbonyl (C=O) groups is 2. The average Bonchev–Trinajstić information content (AvgIpc) is 2.84. The molecule has 1 fully saturated rings. The topological polar surface area (TPSA) is 64.6 Å². The fraction of sp³-hybridized carbons (Fsp3) is 0.655. The normalized spacial score (nSPS) is 18.6. The van der Waals surface area contributed by atoms with Gasteiger partial charge in [0.2, 0.25) is 5.91 Å². The lowest BCUT2D eigenvalue weighted by molar-refractivity contribution is -0.145. The Hall–Kier alpha value is -2.30. The highest BCUT2D eigenvalue weighted by Crippen LogP contribution is 2.25. The second-order valence-corrected chi connectivity index (χ2v) is 10.1. The zero-order valence-electron chi connectivity index (χ0n) is 21.7. The fourth-order valence-corrected chi connectivity index (χ4v) is 3.98. The van der Waals surface area contributed by atoms with Crippen LogP contribution in [0.25, 0.3) is 6.08 Å². The molecule has 1 amide bonds. The number of nitrogens with one attached hydrogen (secondary N) is 1. The van der Waals surface area contributed by atoms with Crippen molar-refractivity contribution in [2.75, 3.05) is 6.61 Å². The number of ether oxygens (including phenoxy) is 2. The summed E-state index contributed by atoms with van der Waals surface area (Å²) in [4.78, 5) is 24.6. The lowest BCUT2D eigenvalue weighted by Crippen LogP contribution is -2.45. The van der Waals surface area contributed by atoms with Crippen LogP contribution < -0.4 is 10.1 Å². The first-order valence-electron chi connectivity index (χ1n) is 13.3. The van der Waals surface area contributed by atoms with Gasteiger partial charge in [-0.25, -0.2) is 4.79 Å². The van der Waals surface area contributed by atoms with Gasteiger partial charge in [0.05, 0.1) is 6.61 Å². The predicted molar refractivity (Wildman–Crippen MR) is 139 cm³/mol. The van der Waals surface area contributed by atoms with E-state index in [1.54, 1.807) is 6.08 Å². The van der Waals surface area contributed by atoms with Gasteiger partial charge in [-0.1, -0.05) is 71.9 Å². The smallest absolute Gasteiger partial charge is 0.331 e. The van der Waals surface area contributed by atoms with Crippen LogP contribution in [0.4, 0.5) is 0 Å². The van der Waals surface area contributed by atoms with Gasteiger partial charge in [0, 0.05) is 17.5 Å². The number of hydrogen-bond donors (Lipinski definition) is 1. The summed E-state index contributed by atoms with van der Waals surface area (Å²) >= 11 is 0. The quantitative estimate of drug-likeness (QED) is 0.183. The SMILES string of the molecule is CCCCCCCCOc1ccc(/C=C/C(=O)OC2CCC(NC(=O)C(C)(C)CC)CC2)cc1. The van der Waals surface area contributed by atoms with E-state index in [0.29, 0.717) is 0 Å². The minimum absolute atomic E-state index is 0.0813. The van der Waals surface area contributed by atoms with Crippen LogP contribution >= 0.6 is 0 Å². The molecule has 0 atom stereocenters. The number of esters is 1. The van der Waals surface area contributed by atoms with E-state index in [4.69, 9.17) is 9.47 Å². The lowest BCUT2D eigenvalue weighted by atomic mass is 9.87. The summed E-state index contributed by atoms with van der Waals surface area (Å²) in [5.41, 5.74) is 0.598. The number of amides is 1. The first-order valence-corrected chi connectivity index (χ1v) is 13.3. The highest BCUT2D eigenvalue weighted by molar-refractivity contribution is 5.87. The Balaban J connectivity index is 1.65. The number of rotatable bonds is 14. The van der Waals surface area contributed by atoms with Crippen LogP contribution in [0.1, 0.15) is 104 Å². The number of unbranched alkanes of at least 4 members (excludes halogenated alkanes) is 5. The molecule has 5 heteroatoms. The third kappa shape index (κ3) is 10.3. The van der Waals surface area contributed by atoms with Gasteiger partial charge in [0.25, 0.3) is 0 Å². The largest absolute Gasteiger partial charge is 0.494 e. The molecule has 0 radical (unpaired) electrons.